The highest BCUT2D eigenvalue weighted by Crippen LogP contribution is 2.32. The van der Waals surface area contributed by atoms with E-state index < -0.39 is 17.6 Å². The number of thiophene rings is 1. The summed E-state index contributed by atoms with van der Waals surface area (Å²) in [6, 6.07) is 8.29. The normalized spacial score (nSPS) is 11.5. The molecule has 2 nitrogen and oxygen atoms in total. The fourth-order valence-electron chi connectivity index (χ4n) is 2.04. The molecular formula is C15H13ClF3NOS. The Morgan fingerprint density at radius 2 is 1.91 bits per heavy atom. The van der Waals surface area contributed by atoms with Gasteiger partial charge in [0, 0.05) is 11.4 Å². The van der Waals surface area contributed by atoms with Crippen molar-refractivity contribution in [2.24, 2.45) is 0 Å². The average molecular weight is 348 g/mol. The molecule has 0 aliphatic carbocycles. The molecule has 2 aromatic rings. The summed E-state index contributed by atoms with van der Waals surface area (Å²) in [5.41, 5.74) is -1.25. The first kappa shape index (κ1) is 16.8. The molecular weight excluding hydrogens is 335 g/mol. The van der Waals surface area contributed by atoms with Crippen LogP contribution in [0.25, 0.3) is 0 Å². The molecule has 1 aromatic heterocycles. The largest absolute Gasteiger partial charge is 0.417 e. The van der Waals surface area contributed by atoms with Crippen LogP contribution in [-0.2, 0) is 12.7 Å². The molecule has 118 valence electrons. The van der Waals surface area contributed by atoms with Crippen LogP contribution < -0.4 is 0 Å². The van der Waals surface area contributed by atoms with E-state index in [1.807, 2.05) is 0 Å². The number of alkyl halides is 3. The van der Waals surface area contributed by atoms with Crippen molar-refractivity contribution in [3.05, 3.63) is 56.7 Å². The number of hydrogen-bond acceptors (Lipinski definition) is 2. The molecule has 2 rings (SSSR count). The monoisotopic (exact) mass is 347 g/mol. The Labute approximate surface area is 135 Å². The van der Waals surface area contributed by atoms with E-state index in [4.69, 9.17) is 11.6 Å². The van der Waals surface area contributed by atoms with E-state index in [0.717, 1.165) is 10.9 Å². The molecule has 7 heteroatoms. The fraction of sp³-hybridized carbons (Fsp3) is 0.267. The Kier molecular flexibility index (Phi) is 5.13. The smallest absolute Gasteiger partial charge is 0.334 e. The lowest BCUT2D eigenvalue weighted by atomic mass is 10.1. The lowest BCUT2D eigenvalue weighted by Gasteiger charge is -2.22. The number of carbonyl (C=O) groups excluding carboxylic acids is 1. The standard InChI is InChI=1S/C15H13ClF3NOS/c1-2-20(9-10-7-8-13(16)22-10)14(21)11-5-3-4-6-12(11)15(17,18)19/h3-8H,2,9H2,1H3. The first-order valence-electron chi connectivity index (χ1n) is 6.52. The summed E-state index contributed by atoms with van der Waals surface area (Å²) in [5.74, 6) is -0.639. The minimum Gasteiger partial charge on any atom is -0.334 e. The quantitative estimate of drug-likeness (QED) is 0.755. The van der Waals surface area contributed by atoms with Gasteiger partial charge in [0.2, 0.25) is 0 Å². The van der Waals surface area contributed by atoms with Gasteiger partial charge in [-0.3, -0.25) is 4.79 Å². The molecule has 0 saturated carbocycles. The van der Waals surface area contributed by atoms with Crippen molar-refractivity contribution in [1.29, 1.82) is 0 Å². The van der Waals surface area contributed by atoms with Gasteiger partial charge in [-0.15, -0.1) is 11.3 Å². The predicted octanol–water partition coefficient (Wildman–Crippen LogP) is 5.08. The molecule has 0 atom stereocenters. The molecule has 1 heterocycles. The minimum atomic E-state index is -4.56. The van der Waals surface area contributed by atoms with E-state index in [0.29, 0.717) is 10.9 Å². The van der Waals surface area contributed by atoms with Crippen LogP contribution in [0.5, 0.6) is 0 Å². The van der Waals surface area contributed by atoms with Crippen molar-refractivity contribution in [3.8, 4) is 0 Å². The van der Waals surface area contributed by atoms with E-state index in [1.165, 1.54) is 34.4 Å². The second-order valence-corrected chi connectivity index (χ2v) is 6.37. The van der Waals surface area contributed by atoms with Gasteiger partial charge in [-0.25, -0.2) is 0 Å². The van der Waals surface area contributed by atoms with Crippen LogP contribution in [0.3, 0.4) is 0 Å². The fourth-order valence-corrected chi connectivity index (χ4v) is 3.14. The van der Waals surface area contributed by atoms with Crippen molar-refractivity contribution >= 4 is 28.8 Å². The molecule has 1 aromatic carbocycles. The maximum absolute atomic E-state index is 13.0. The van der Waals surface area contributed by atoms with Crippen molar-refractivity contribution in [3.63, 3.8) is 0 Å². The highest BCUT2D eigenvalue weighted by atomic mass is 35.5. The molecule has 0 unspecified atom stereocenters. The number of carbonyl (C=O) groups is 1. The van der Waals surface area contributed by atoms with Crippen molar-refractivity contribution in [2.45, 2.75) is 19.6 Å². The van der Waals surface area contributed by atoms with Crippen molar-refractivity contribution in [1.82, 2.24) is 4.90 Å². The second-order valence-electron chi connectivity index (χ2n) is 4.57. The van der Waals surface area contributed by atoms with Gasteiger partial charge in [0.1, 0.15) is 0 Å². The highest BCUT2D eigenvalue weighted by Gasteiger charge is 2.35. The average Bonchev–Trinajstić information content (AvgIpc) is 2.88. The summed E-state index contributed by atoms with van der Waals surface area (Å²) >= 11 is 7.14. The van der Waals surface area contributed by atoms with E-state index in [9.17, 15) is 18.0 Å². The van der Waals surface area contributed by atoms with Gasteiger partial charge in [-0.1, -0.05) is 23.7 Å². The molecule has 0 aliphatic rings. The molecule has 0 aliphatic heterocycles. The Morgan fingerprint density at radius 1 is 1.23 bits per heavy atom. The predicted molar refractivity (Wildman–Crippen MR) is 81.2 cm³/mol. The lowest BCUT2D eigenvalue weighted by molar-refractivity contribution is -0.138. The zero-order valence-electron chi connectivity index (χ0n) is 11.7. The Balaban J connectivity index is 2.29. The van der Waals surface area contributed by atoms with Crippen LogP contribution in [0.4, 0.5) is 13.2 Å². The van der Waals surface area contributed by atoms with Crippen molar-refractivity contribution < 1.29 is 18.0 Å². The first-order chi connectivity index (χ1) is 10.3. The maximum Gasteiger partial charge on any atom is 0.417 e. The zero-order chi connectivity index (χ0) is 16.3. The van der Waals surface area contributed by atoms with Crippen LogP contribution in [-0.4, -0.2) is 17.4 Å². The van der Waals surface area contributed by atoms with Gasteiger partial charge in [-0.2, -0.15) is 13.2 Å². The molecule has 0 saturated heterocycles. The van der Waals surface area contributed by atoms with Crippen molar-refractivity contribution in [2.75, 3.05) is 6.54 Å². The molecule has 0 N–H and O–H groups in total. The molecule has 0 fully saturated rings. The Morgan fingerprint density at radius 3 is 2.45 bits per heavy atom. The summed E-state index contributed by atoms with van der Waals surface area (Å²) < 4.78 is 39.6. The highest BCUT2D eigenvalue weighted by molar-refractivity contribution is 7.16. The molecule has 1 amide bonds. The van der Waals surface area contributed by atoms with Crippen LogP contribution in [0, 0.1) is 0 Å². The summed E-state index contributed by atoms with van der Waals surface area (Å²) in [7, 11) is 0. The second kappa shape index (κ2) is 6.71. The Hall–Kier alpha value is -1.53. The van der Waals surface area contributed by atoms with Crippen LogP contribution in [0.15, 0.2) is 36.4 Å². The van der Waals surface area contributed by atoms with Gasteiger partial charge in [0.15, 0.2) is 0 Å². The maximum atomic E-state index is 13.0. The summed E-state index contributed by atoms with van der Waals surface area (Å²) in [5, 5.41) is 0. The van der Waals surface area contributed by atoms with Crippen LogP contribution in [0.1, 0.15) is 27.7 Å². The van der Waals surface area contributed by atoms with E-state index in [2.05, 4.69) is 0 Å². The molecule has 0 radical (unpaired) electrons. The van der Waals surface area contributed by atoms with Crippen LogP contribution in [0.2, 0.25) is 4.34 Å². The number of nitrogens with zero attached hydrogens (tertiary/aromatic N) is 1. The third-order valence-electron chi connectivity index (χ3n) is 3.11. The number of halogens is 4. The van der Waals surface area contributed by atoms with Gasteiger partial charge in [0.05, 0.1) is 22.0 Å². The number of rotatable bonds is 4. The SMILES string of the molecule is CCN(Cc1ccc(Cl)s1)C(=O)c1ccccc1C(F)(F)F. The number of amides is 1. The summed E-state index contributed by atoms with van der Waals surface area (Å²) in [4.78, 5) is 14.6. The van der Waals surface area contributed by atoms with E-state index in [-0.39, 0.29) is 12.1 Å². The third kappa shape index (κ3) is 3.81. The zero-order valence-corrected chi connectivity index (χ0v) is 13.2. The lowest BCUT2D eigenvalue weighted by Crippen LogP contribution is -2.31. The van der Waals surface area contributed by atoms with Gasteiger partial charge < -0.3 is 4.90 Å². The summed E-state index contributed by atoms with van der Waals surface area (Å²) in [6.07, 6.45) is -4.56. The van der Waals surface area contributed by atoms with Crippen LogP contribution >= 0.6 is 22.9 Å². The molecule has 0 bridgehead atoms. The van der Waals surface area contributed by atoms with E-state index in [1.54, 1.807) is 19.1 Å². The Bertz CT molecular complexity index is 669. The first-order valence-corrected chi connectivity index (χ1v) is 7.72. The minimum absolute atomic E-state index is 0.235. The van der Waals surface area contributed by atoms with Gasteiger partial charge in [-0.05, 0) is 31.2 Å². The number of hydrogen-bond donors (Lipinski definition) is 0. The molecule has 22 heavy (non-hydrogen) atoms. The molecule has 0 spiro atoms. The van der Waals surface area contributed by atoms with Gasteiger partial charge >= 0.3 is 6.18 Å². The number of benzene rings is 1. The third-order valence-corrected chi connectivity index (χ3v) is 4.32. The topological polar surface area (TPSA) is 20.3 Å². The van der Waals surface area contributed by atoms with E-state index >= 15 is 0 Å². The van der Waals surface area contributed by atoms with Gasteiger partial charge in [0.25, 0.3) is 5.91 Å². The summed E-state index contributed by atoms with van der Waals surface area (Å²) in [6.45, 7) is 2.27.